The van der Waals surface area contributed by atoms with Crippen molar-refractivity contribution in [3.8, 4) is 0 Å². The van der Waals surface area contributed by atoms with Crippen LogP contribution >= 0.6 is 0 Å². The van der Waals surface area contributed by atoms with Crippen molar-refractivity contribution in [2.75, 3.05) is 19.9 Å². The van der Waals surface area contributed by atoms with Crippen LogP contribution < -0.4 is 0 Å². The van der Waals surface area contributed by atoms with Gasteiger partial charge in [-0.2, -0.15) is 0 Å². The van der Waals surface area contributed by atoms with E-state index in [1.807, 2.05) is 32.6 Å². The molecule has 24 heavy (non-hydrogen) atoms. The van der Waals surface area contributed by atoms with Crippen LogP contribution in [0.1, 0.15) is 40.5 Å². The van der Waals surface area contributed by atoms with Crippen LogP contribution in [-0.4, -0.2) is 63.4 Å². The maximum atomic E-state index is 10.5. The van der Waals surface area contributed by atoms with Crippen LogP contribution in [0.5, 0.6) is 0 Å². The summed E-state index contributed by atoms with van der Waals surface area (Å²) in [5, 5.41) is 28.2. The number of likely N-dealkylation sites (tertiary alicyclic amines) is 1. The molecule has 0 bridgehead atoms. The molecule has 0 aromatic heterocycles. The minimum absolute atomic E-state index is 0.0869. The zero-order chi connectivity index (χ0) is 18.5. The van der Waals surface area contributed by atoms with E-state index in [9.17, 15) is 25.3 Å². The highest BCUT2D eigenvalue weighted by molar-refractivity contribution is 4.99. The molecule has 0 saturated carbocycles. The van der Waals surface area contributed by atoms with Crippen LogP contribution in [-0.2, 0) is 14.4 Å². The molecule has 1 saturated heterocycles. The number of nitrogens with zero attached hydrogens (tertiary/aromatic N) is 3. The summed E-state index contributed by atoms with van der Waals surface area (Å²) in [5.74, 6) is 0. The maximum Gasteiger partial charge on any atom is 0.294 e. The Kier molecular flexibility index (Phi) is 6.69. The van der Waals surface area contributed by atoms with Gasteiger partial charge < -0.3 is 19.5 Å². The van der Waals surface area contributed by atoms with Gasteiger partial charge in [0.25, 0.3) is 10.2 Å². The Morgan fingerprint density at radius 3 is 2.08 bits per heavy atom. The van der Waals surface area contributed by atoms with Gasteiger partial charge >= 0.3 is 0 Å². The third kappa shape index (κ3) is 5.73. The molecule has 1 fully saturated rings. The first-order valence-corrected chi connectivity index (χ1v) is 7.56. The molecule has 140 valence electrons. The van der Waals surface area contributed by atoms with E-state index in [-0.39, 0.29) is 30.5 Å². The Bertz CT molecular complexity index is 438. The summed E-state index contributed by atoms with van der Waals surface area (Å²) >= 11 is 0. The van der Waals surface area contributed by atoms with E-state index in [0.717, 1.165) is 0 Å². The van der Waals surface area contributed by atoms with E-state index in [4.69, 9.17) is 4.74 Å². The average Bonchev–Trinajstić information content (AvgIpc) is 2.39. The highest BCUT2D eigenvalue weighted by atomic mass is 17.0. The zero-order valence-corrected chi connectivity index (χ0v) is 14.3. The third-order valence-electron chi connectivity index (χ3n) is 4.18. The summed E-state index contributed by atoms with van der Waals surface area (Å²) in [7, 11) is 0. The van der Waals surface area contributed by atoms with Gasteiger partial charge in [-0.15, -0.1) is 20.2 Å². The summed E-state index contributed by atoms with van der Waals surface area (Å²) in [6.45, 7) is 7.02. The number of hydrogen-bond donors (Lipinski definition) is 1. The van der Waals surface area contributed by atoms with E-state index in [0.29, 0.717) is 12.8 Å². The Hall–Kier alpha value is -1.72. The van der Waals surface area contributed by atoms with Crippen LogP contribution in [0.15, 0.2) is 0 Å². The van der Waals surface area contributed by atoms with E-state index in [2.05, 4.69) is 9.68 Å². The molecule has 0 aliphatic carbocycles. The smallest absolute Gasteiger partial charge is 0.294 e. The number of rotatable bonds is 9. The lowest BCUT2D eigenvalue weighted by Crippen LogP contribution is -2.62. The molecule has 0 aromatic rings. The van der Waals surface area contributed by atoms with Crippen LogP contribution in [0.3, 0.4) is 0 Å². The van der Waals surface area contributed by atoms with Crippen molar-refractivity contribution in [3.05, 3.63) is 20.2 Å². The van der Waals surface area contributed by atoms with E-state index in [1.165, 1.54) is 0 Å². The van der Waals surface area contributed by atoms with E-state index < -0.39 is 22.9 Å². The second-order valence-corrected chi connectivity index (χ2v) is 7.03. The largest absolute Gasteiger partial charge is 0.381 e. The normalized spacial score (nSPS) is 21.9. The molecular formula is C13H25N3O8. The lowest BCUT2D eigenvalue weighted by atomic mass is 9.78. The van der Waals surface area contributed by atoms with Crippen molar-refractivity contribution in [3.63, 3.8) is 0 Å². The van der Waals surface area contributed by atoms with Gasteiger partial charge in [0.15, 0.2) is 6.10 Å². The van der Waals surface area contributed by atoms with Crippen molar-refractivity contribution in [2.24, 2.45) is 0 Å². The molecule has 0 aromatic carbocycles. The van der Waals surface area contributed by atoms with E-state index in [1.54, 1.807) is 0 Å². The van der Waals surface area contributed by atoms with Crippen molar-refractivity contribution in [2.45, 2.75) is 63.8 Å². The van der Waals surface area contributed by atoms with Crippen LogP contribution in [0, 0.1) is 20.2 Å². The molecule has 1 unspecified atom stereocenters. The van der Waals surface area contributed by atoms with Gasteiger partial charge in [0.1, 0.15) is 6.61 Å². The van der Waals surface area contributed by atoms with Gasteiger partial charge in [0, 0.05) is 11.1 Å². The molecule has 1 rings (SSSR count). The molecule has 1 heterocycles. The fraction of sp³-hybridized carbons (Fsp3) is 1.00. The highest BCUT2D eigenvalue weighted by Crippen LogP contribution is 2.39. The minimum atomic E-state index is -1.19. The average molecular weight is 351 g/mol. The van der Waals surface area contributed by atoms with Gasteiger partial charge in [-0.25, -0.2) is 0 Å². The predicted octanol–water partition coefficient (Wildman–Crippen LogP) is 0.760. The van der Waals surface area contributed by atoms with Crippen LogP contribution in [0.4, 0.5) is 0 Å². The Labute approximate surface area is 139 Å². The predicted molar refractivity (Wildman–Crippen MR) is 80.9 cm³/mol. The number of aliphatic hydroxyl groups is 1. The van der Waals surface area contributed by atoms with Crippen LogP contribution in [0.25, 0.3) is 0 Å². The van der Waals surface area contributed by atoms with Gasteiger partial charge in [0.05, 0.1) is 19.4 Å². The molecule has 1 aliphatic heterocycles. The topological polar surface area (TPSA) is 137 Å². The first kappa shape index (κ1) is 20.3. The molecule has 0 radical (unpaired) electrons. The molecule has 11 nitrogen and oxygen atoms in total. The van der Waals surface area contributed by atoms with Crippen molar-refractivity contribution in [1.29, 1.82) is 0 Å². The minimum Gasteiger partial charge on any atom is -0.381 e. The first-order chi connectivity index (χ1) is 11.0. The lowest BCUT2D eigenvalue weighted by molar-refractivity contribution is -0.790. The fourth-order valence-electron chi connectivity index (χ4n) is 3.34. The molecular weight excluding hydrogens is 326 g/mol. The quantitative estimate of drug-likeness (QED) is 0.471. The van der Waals surface area contributed by atoms with Gasteiger partial charge in [-0.1, -0.05) is 0 Å². The summed E-state index contributed by atoms with van der Waals surface area (Å²) in [6, 6.07) is 0. The maximum absolute atomic E-state index is 10.5. The van der Waals surface area contributed by atoms with Gasteiger partial charge in [-0.05, 0) is 40.5 Å². The van der Waals surface area contributed by atoms with Gasteiger partial charge in [-0.3, -0.25) is 4.90 Å². The summed E-state index contributed by atoms with van der Waals surface area (Å²) in [4.78, 5) is 31.1. The van der Waals surface area contributed by atoms with Crippen molar-refractivity contribution in [1.82, 2.24) is 4.90 Å². The number of aliphatic hydroxyl groups excluding tert-OH is 1. The second kappa shape index (κ2) is 7.90. The fourth-order valence-corrected chi connectivity index (χ4v) is 3.34. The van der Waals surface area contributed by atoms with E-state index >= 15 is 0 Å². The standard InChI is InChI=1S/C13H25N3O8/c1-12(2)5-10(6-13(3,4)14(12)9-17)22-7-11(24-16(20)21)8-23-15(18)19/h10-11,17H,5-9H2,1-4H3. The number of hydrogen-bond acceptors (Lipinski definition) is 9. The molecule has 11 heteroatoms. The summed E-state index contributed by atoms with van der Waals surface area (Å²) in [5.41, 5.74) is -0.671. The highest BCUT2D eigenvalue weighted by Gasteiger charge is 2.45. The third-order valence-corrected chi connectivity index (χ3v) is 4.18. The molecule has 1 N–H and O–H groups in total. The van der Waals surface area contributed by atoms with Crippen molar-refractivity contribution >= 4 is 0 Å². The SMILES string of the molecule is CC1(C)CC(OCC(CO[N+](=O)[O-])O[N+](=O)[O-])CC(C)(C)N1CO. The number of piperidine rings is 1. The summed E-state index contributed by atoms with van der Waals surface area (Å²) in [6.07, 6.45) is -0.227. The molecule has 0 amide bonds. The Balaban J connectivity index is 2.66. The van der Waals surface area contributed by atoms with Crippen LogP contribution in [0.2, 0.25) is 0 Å². The monoisotopic (exact) mass is 351 g/mol. The second-order valence-electron chi connectivity index (χ2n) is 7.03. The molecule has 0 spiro atoms. The first-order valence-electron chi connectivity index (χ1n) is 7.56. The Morgan fingerprint density at radius 1 is 1.12 bits per heavy atom. The van der Waals surface area contributed by atoms with Crippen molar-refractivity contribution < 1.29 is 29.7 Å². The zero-order valence-electron chi connectivity index (χ0n) is 14.3. The Morgan fingerprint density at radius 2 is 1.67 bits per heavy atom. The van der Waals surface area contributed by atoms with Gasteiger partial charge in [0.2, 0.25) is 0 Å². The summed E-state index contributed by atoms with van der Waals surface area (Å²) < 4.78 is 5.70. The number of ether oxygens (including phenoxy) is 1. The lowest BCUT2D eigenvalue weighted by Gasteiger charge is -2.54. The molecule has 1 atom stereocenters. The molecule has 1 aliphatic rings.